The van der Waals surface area contributed by atoms with Crippen LogP contribution in [-0.4, -0.2) is 65.4 Å². The summed E-state index contributed by atoms with van der Waals surface area (Å²) in [4.78, 5) is 33.7. The molecule has 2 atom stereocenters. The highest BCUT2D eigenvalue weighted by molar-refractivity contribution is 5.82. The molecular weight excluding hydrogens is 342 g/mol. The van der Waals surface area contributed by atoms with Crippen molar-refractivity contribution in [3.63, 3.8) is 0 Å². The Hall–Kier alpha value is -1.99. The van der Waals surface area contributed by atoms with E-state index in [-0.39, 0.29) is 23.3 Å². The summed E-state index contributed by atoms with van der Waals surface area (Å²) in [6, 6.07) is 5.80. The van der Waals surface area contributed by atoms with Gasteiger partial charge in [0.2, 0.25) is 11.8 Å². The van der Waals surface area contributed by atoms with Crippen molar-refractivity contribution in [3.05, 3.63) is 30.1 Å². The second kappa shape index (κ2) is 7.94. The Morgan fingerprint density at radius 3 is 3.00 bits per heavy atom. The third-order valence-corrected chi connectivity index (χ3v) is 6.22. The van der Waals surface area contributed by atoms with Gasteiger partial charge in [-0.25, -0.2) is 5.43 Å². The minimum atomic E-state index is -0.106. The van der Waals surface area contributed by atoms with E-state index in [9.17, 15) is 9.59 Å². The average Bonchev–Trinajstić information content (AvgIpc) is 3.24. The zero-order chi connectivity index (χ0) is 18.7. The van der Waals surface area contributed by atoms with E-state index >= 15 is 0 Å². The molecule has 4 heterocycles. The van der Waals surface area contributed by atoms with E-state index in [0.29, 0.717) is 13.0 Å². The number of aromatic nitrogens is 1. The van der Waals surface area contributed by atoms with Gasteiger partial charge in [0.05, 0.1) is 0 Å². The number of nitrogens with zero attached hydrogens (tertiary/aromatic N) is 3. The lowest BCUT2D eigenvalue weighted by Gasteiger charge is -2.48. The number of hydrazine groups is 1. The molecule has 1 aromatic heterocycles. The summed E-state index contributed by atoms with van der Waals surface area (Å²) in [5.41, 5.74) is 7.21. The Balaban J connectivity index is 1.39. The van der Waals surface area contributed by atoms with E-state index in [0.717, 1.165) is 64.0 Å². The highest BCUT2D eigenvalue weighted by atomic mass is 16.2. The van der Waals surface area contributed by atoms with Crippen LogP contribution in [0.3, 0.4) is 0 Å². The second-order valence-electron chi connectivity index (χ2n) is 8.16. The smallest absolute Gasteiger partial charge is 0.241 e. The molecule has 4 rings (SSSR count). The third-order valence-electron chi connectivity index (χ3n) is 6.22. The van der Waals surface area contributed by atoms with Crippen LogP contribution < -0.4 is 10.9 Å². The zero-order valence-electron chi connectivity index (χ0n) is 15.8. The fourth-order valence-corrected chi connectivity index (χ4v) is 4.72. The summed E-state index contributed by atoms with van der Waals surface area (Å²) >= 11 is 0. The number of nitrogens with one attached hydrogen (secondary N) is 2. The van der Waals surface area contributed by atoms with Gasteiger partial charge in [-0.15, -0.1) is 0 Å². The van der Waals surface area contributed by atoms with Gasteiger partial charge in [-0.2, -0.15) is 0 Å². The van der Waals surface area contributed by atoms with Gasteiger partial charge in [-0.1, -0.05) is 6.07 Å². The van der Waals surface area contributed by atoms with E-state index in [1.165, 1.54) is 0 Å². The lowest BCUT2D eigenvalue weighted by molar-refractivity contribution is -0.143. The third kappa shape index (κ3) is 4.14. The maximum atomic E-state index is 12.8. The van der Waals surface area contributed by atoms with Crippen LogP contribution >= 0.6 is 0 Å². The molecule has 2 unspecified atom stereocenters. The molecule has 3 saturated heterocycles. The second-order valence-corrected chi connectivity index (χ2v) is 8.16. The number of piperidine rings is 2. The lowest BCUT2D eigenvalue weighted by Crippen LogP contribution is -2.57. The molecule has 1 spiro atoms. The molecule has 0 saturated carbocycles. The summed E-state index contributed by atoms with van der Waals surface area (Å²) in [7, 11) is 0. The molecule has 0 bridgehead atoms. The van der Waals surface area contributed by atoms with Crippen molar-refractivity contribution in [2.45, 2.75) is 44.6 Å². The molecular formula is C20H29N5O2. The molecule has 3 aliphatic rings. The molecule has 7 heteroatoms. The lowest BCUT2D eigenvalue weighted by atomic mass is 9.73. The number of carbonyl (C=O) groups is 2. The van der Waals surface area contributed by atoms with Crippen LogP contribution in [0.2, 0.25) is 0 Å². The summed E-state index contributed by atoms with van der Waals surface area (Å²) in [6.45, 7) is 3.92. The standard InChI is InChI=1S/C20H29N5O2/c26-18-5-9-20(14-24(18)13-7-16-4-1-2-10-21-16)8-3-12-25(15-20)19(27)17-6-11-22-23-17/h1-2,4,10,17,22-23H,3,5-9,11-15H2. The number of amides is 2. The Morgan fingerprint density at radius 1 is 1.30 bits per heavy atom. The van der Waals surface area contributed by atoms with Gasteiger partial charge >= 0.3 is 0 Å². The van der Waals surface area contributed by atoms with E-state index in [1.54, 1.807) is 6.20 Å². The van der Waals surface area contributed by atoms with Gasteiger partial charge in [0, 0.05) is 62.9 Å². The molecule has 2 amide bonds. The first kappa shape index (κ1) is 18.4. The van der Waals surface area contributed by atoms with Crippen molar-refractivity contribution in [1.29, 1.82) is 0 Å². The molecule has 7 nitrogen and oxygen atoms in total. The molecule has 3 fully saturated rings. The Morgan fingerprint density at radius 2 is 2.22 bits per heavy atom. The van der Waals surface area contributed by atoms with Crippen LogP contribution in [0.15, 0.2) is 24.4 Å². The summed E-state index contributed by atoms with van der Waals surface area (Å²) in [5.74, 6) is 0.442. The quantitative estimate of drug-likeness (QED) is 0.816. The first-order chi connectivity index (χ1) is 13.2. The normalized spacial score (nSPS) is 28.7. The molecule has 146 valence electrons. The van der Waals surface area contributed by atoms with Gasteiger partial charge in [0.1, 0.15) is 6.04 Å². The minimum absolute atomic E-state index is 0.0535. The number of pyridine rings is 1. The van der Waals surface area contributed by atoms with Gasteiger partial charge in [-0.3, -0.25) is 20.0 Å². The van der Waals surface area contributed by atoms with Crippen LogP contribution in [0.4, 0.5) is 0 Å². The number of likely N-dealkylation sites (tertiary alicyclic amines) is 2. The summed E-state index contributed by atoms with van der Waals surface area (Å²) < 4.78 is 0. The van der Waals surface area contributed by atoms with Crippen LogP contribution in [-0.2, 0) is 16.0 Å². The zero-order valence-corrected chi connectivity index (χ0v) is 15.8. The molecule has 3 aliphatic heterocycles. The predicted octanol–water partition coefficient (Wildman–Crippen LogP) is 0.722. The Kier molecular flexibility index (Phi) is 5.41. The largest absolute Gasteiger partial charge is 0.342 e. The van der Waals surface area contributed by atoms with E-state index < -0.39 is 0 Å². The number of rotatable bonds is 4. The number of hydrogen-bond donors (Lipinski definition) is 2. The molecule has 0 radical (unpaired) electrons. The van der Waals surface area contributed by atoms with Gasteiger partial charge in [-0.05, 0) is 37.8 Å². The Labute approximate surface area is 160 Å². The van der Waals surface area contributed by atoms with Crippen molar-refractivity contribution < 1.29 is 9.59 Å². The summed E-state index contributed by atoms with van der Waals surface area (Å²) in [6.07, 6.45) is 7.03. The van der Waals surface area contributed by atoms with E-state index in [2.05, 4.69) is 15.8 Å². The topological polar surface area (TPSA) is 77.6 Å². The molecule has 1 aromatic rings. The highest BCUT2D eigenvalue weighted by Gasteiger charge is 2.43. The van der Waals surface area contributed by atoms with Crippen LogP contribution in [0.5, 0.6) is 0 Å². The maximum absolute atomic E-state index is 12.8. The number of carbonyl (C=O) groups excluding carboxylic acids is 2. The Bertz CT molecular complexity index is 676. The maximum Gasteiger partial charge on any atom is 0.241 e. The molecule has 0 aromatic carbocycles. The van der Waals surface area contributed by atoms with Gasteiger partial charge in [0.25, 0.3) is 0 Å². The van der Waals surface area contributed by atoms with E-state index in [4.69, 9.17) is 0 Å². The predicted molar refractivity (Wildman–Crippen MR) is 102 cm³/mol. The van der Waals surface area contributed by atoms with Gasteiger partial charge < -0.3 is 9.80 Å². The molecule has 0 aliphatic carbocycles. The number of hydrogen-bond acceptors (Lipinski definition) is 5. The molecule has 2 N–H and O–H groups in total. The molecule has 27 heavy (non-hydrogen) atoms. The van der Waals surface area contributed by atoms with Crippen molar-refractivity contribution in [3.8, 4) is 0 Å². The first-order valence-electron chi connectivity index (χ1n) is 10.1. The van der Waals surface area contributed by atoms with Crippen molar-refractivity contribution in [2.24, 2.45) is 5.41 Å². The van der Waals surface area contributed by atoms with Crippen LogP contribution in [0.25, 0.3) is 0 Å². The van der Waals surface area contributed by atoms with Gasteiger partial charge in [0.15, 0.2) is 0 Å². The monoisotopic (exact) mass is 371 g/mol. The fourth-order valence-electron chi connectivity index (χ4n) is 4.72. The van der Waals surface area contributed by atoms with Crippen LogP contribution in [0.1, 0.15) is 37.8 Å². The highest BCUT2D eigenvalue weighted by Crippen LogP contribution is 2.39. The van der Waals surface area contributed by atoms with Crippen molar-refractivity contribution in [2.75, 3.05) is 32.7 Å². The first-order valence-corrected chi connectivity index (χ1v) is 10.1. The van der Waals surface area contributed by atoms with Crippen LogP contribution in [0, 0.1) is 5.41 Å². The van der Waals surface area contributed by atoms with E-state index in [1.807, 2.05) is 28.0 Å². The average molecular weight is 371 g/mol. The fraction of sp³-hybridized carbons (Fsp3) is 0.650. The SMILES string of the molecule is O=C1CCC2(CCCN(C(=O)C3CCNN3)C2)CN1CCc1ccccn1. The minimum Gasteiger partial charge on any atom is -0.342 e. The summed E-state index contributed by atoms with van der Waals surface area (Å²) in [5, 5.41) is 0. The van der Waals surface area contributed by atoms with Crippen molar-refractivity contribution >= 4 is 11.8 Å². The van der Waals surface area contributed by atoms with Crippen molar-refractivity contribution in [1.82, 2.24) is 25.6 Å².